The predicted octanol–water partition coefficient (Wildman–Crippen LogP) is -3.06. The average Bonchev–Trinajstić information content (AvgIpc) is 3.26. The molecule has 15 N–H and O–H groups in total. The van der Waals surface area contributed by atoms with Crippen molar-refractivity contribution in [1.82, 2.24) is 42.1 Å². The van der Waals surface area contributed by atoms with Gasteiger partial charge in [0.05, 0.1) is 25.3 Å². The number of carbonyl (C=O) groups is 11. The SMILES string of the molecule is CCC[C@H](NC(=O)[C@H](CC(N)=O)NC(=O)[C@H](CCC(N)=O)NC(=O)[C@@H](NC(=O)[C@@H](Cc1ccc(O)cc1)NC(=O)CCS(=O)O)[C@@H](C)CC)C(=O)N(C)CC(=O)N[C@@](C)(CC(C)C)C(=O)NCC(N)=O. The van der Waals surface area contributed by atoms with Gasteiger partial charge >= 0.3 is 0 Å². The Morgan fingerprint density at radius 1 is 0.714 bits per heavy atom. The molecule has 1 rings (SSSR count). The number of nitrogens with two attached hydrogens (primary N) is 3. The molecule has 0 radical (unpaired) electrons. The Morgan fingerprint density at radius 2 is 1.29 bits per heavy atom. The maximum Gasteiger partial charge on any atom is 0.245 e. The van der Waals surface area contributed by atoms with E-state index in [4.69, 9.17) is 21.8 Å². The summed E-state index contributed by atoms with van der Waals surface area (Å²) in [5.41, 5.74) is 15.0. The molecule has 26 heteroatoms. The zero-order valence-electron chi connectivity index (χ0n) is 40.7. The molecule has 1 aromatic carbocycles. The van der Waals surface area contributed by atoms with E-state index in [1.807, 2.05) is 0 Å². The normalized spacial score (nSPS) is 14.9. The molecule has 1 unspecified atom stereocenters. The summed E-state index contributed by atoms with van der Waals surface area (Å²) in [7, 11) is 1.27. The van der Waals surface area contributed by atoms with E-state index in [0.717, 1.165) is 4.90 Å². The Balaban J connectivity index is 3.40. The number of nitrogens with one attached hydrogen (secondary N) is 7. The van der Waals surface area contributed by atoms with E-state index >= 15 is 0 Å². The molecule has 0 aliphatic carbocycles. The van der Waals surface area contributed by atoms with Crippen LogP contribution in [0.1, 0.15) is 98.5 Å². The molecular formula is C44H71N11O14S. The molecule has 392 valence electrons. The zero-order valence-corrected chi connectivity index (χ0v) is 41.5. The van der Waals surface area contributed by atoms with Crippen LogP contribution in [0.25, 0.3) is 0 Å². The van der Waals surface area contributed by atoms with Gasteiger partial charge in [-0.25, -0.2) is 4.21 Å². The van der Waals surface area contributed by atoms with Gasteiger partial charge in [0.25, 0.3) is 0 Å². The number of benzene rings is 1. The summed E-state index contributed by atoms with van der Waals surface area (Å²) in [6.45, 7) is 8.99. The van der Waals surface area contributed by atoms with Crippen LogP contribution in [0.2, 0.25) is 0 Å². The Hall–Kier alpha value is -6.70. The molecule has 0 bridgehead atoms. The van der Waals surface area contributed by atoms with Gasteiger partial charge in [0.2, 0.25) is 65.0 Å². The van der Waals surface area contributed by atoms with Crippen LogP contribution >= 0.6 is 0 Å². The molecular weight excluding hydrogens is 939 g/mol. The number of aromatic hydroxyl groups is 1. The van der Waals surface area contributed by atoms with Crippen molar-refractivity contribution in [2.24, 2.45) is 29.0 Å². The van der Waals surface area contributed by atoms with Crippen molar-refractivity contribution in [1.29, 1.82) is 0 Å². The second-order valence-electron chi connectivity index (χ2n) is 17.6. The Morgan fingerprint density at radius 3 is 1.81 bits per heavy atom. The molecule has 8 atom stereocenters. The van der Waals surface area contributed by atoms with E-state index in [1.165, 1.54) is 38.2 Å². The summed E-state index contributed by atoms with van der Waals surface area (Å²) in [6, 6.07) is -1.76. The monoisotopic (exact) mass is 1010 g/mol. The number of phenolic OH excluding ortho intramolecular Hbond substituents is 1. The molecule has 0 aliphatic rings. The molecule has 0 saturated carbocycles. The van der Waals surface area contributed by atoms with Gasteiger partial charge in [-0.1, -0.05) is 59.6 Å². The highest BCUT2D eigenvalue weighted by molar-refractivity contribution is 7.79. The fourth-order valence-electron chi connectivity index (χ4n) is 7.08. The van der Waals surface area contributed by atoms with Crippen molar-refractivity contribution in [3.63, 3.8) is 0 Å². The van der Waals surface area contributed by atoms with Crippen LogP contribution in [0, 0.1) is 11.8 Å². The molecule has 0 saturated heterocycles. The number of nitrogens with zero attached hydrogens (tertiary/aromatic N) is 1. The molecule has 1 aromatic rings. The van der Waals surface area contributed by atoms with E-state index in [1.54, 1.807) is 34.6 Å². The minimum absolute atomic E-state index is 0.0113. The molecule has 25 nitrogen and oxygen atoms in total. The topological polar surface area (TPSA) is 411 Å². The van der Waals surface area contributed by atoms with E-state index in [-0.39, 0.29) is 30.9 Å². The predicted molar refractivity (Wildman–Crippen MR) is 254 cm³/mol. The lowest BCUT2D eigenvalue weighted by Gasteiger charge is -2.32. The summed E-state index contributed by atoms with van der Waals surface area (Å²) in [5.74, 6) is -10.9. The van der Waals surface area contributed by atoms with Gasteiger partial charge < -0.3 is 69.0 Å². The fraction of sp³-hybridized carbons (Fsp3) is 0.614. The van der Waals surface area contributed by atoms with E-state index in [0.29, 0.717) is 18.4 Å². The number of amides is 11. The Kier molecular flexibility index (Phi) is 26.3. The number of likely N-dealkylation sites (N-methyl/N-ethyl adjacent to an activating group) is 1. The first-order valence-corrected chi connectivity index (χ1v) is 24.0. The van der Waals surface area contributed by atoms with Crippen molar-refractivity contribution in [3.05, 3.63) is 29.8 Å². The first-order chi connectivity index (χ1) is 32.6. The lowest BCUT2D eigenvalue weighted by molar-refractivity contribution is -0.141. The molecule has 0 spiro atoms. The Labute approximate surface area is 409 Å². The first kappa shape index (κ1) is 61.3. The van der Waals surface area contributed by atoms with Crippen molar-refractivity contribution in [2.45, 2.75) is 135 Å². The molecule has 0 aliphatic heterocycles. The highest BCUT2D eigenvalue weighted by Gasteiger charge is 2.38. The lowest BCUT2D eigenvalue weighted by atomic mass is 9.89. The van der Waals surface area contributed by atoms with Gasteiger partial charge in [0.15, 0.2) is 11.1 Å². The average molecular weight is 1010 g/mol. The second kappa shape index (κ2) is 30.0. The summed E-state index contributed by atoms with van der Waals surface area (Å²) in [6.07, 6.45) is -1.50. The van der Waals surface area contributed by atoms with Gasteiger partial charge in [-0.2, -0.15) is 0 Å². The summed E-state index contributed by atoms with van der Waals surface area (Å²) < 4.78 is 20.4. The maximum atomic E-state index is 14.0. The van der Waals surface area contributed by atoms with Crippen LogP contribution in [-0.4, -0.2) is 145 Å². The fourth-order valence-corrected chi connectivity index (χ4v) is 7.44. The summed E-state index contributed by atoms with van der Waals surface area (Å²) in [4.78, 5) is 145. The van der Waals surface area contributed by atoms with Crippen LogP contribution in [0.5, 0.6) is 5.75 Å². The van der Waals surface area contributed by atoms with Crippen molar-refractivity contribution < 1.29 is 66.6 Å². The minimum atomic E-state index is -2.31. The highest BCUT2D eigenvalue weighted by atomic mass is 32.2. The van der Waals surface area contributed by atoms with Crippen molar-refractivity contribution in [3.8, 4) is 5.75 Å². The highest BCUT2D eigenvalue weighted by Crippen LogP contribution is 2.18. The number of carbonyl (C=O) groups excluding carboxylic acids is 11. The van der Waals surface area contributed by atoms with E-state index in [9.17, 15) is 62.1 Å². The Bertz CT molecular complexity index is 2060. The largest absolute Gasteiger partial charge is 0.508 e. The standard InChI is InChI=1S/C44H71N11O14S/c1-8-10-29(42(66)55(7)23-36(61)54-44(6,21-24(3)4)43(67)48-22-34(47)59)51-39(63)31(20-33(46)58)52-38(62)28(15-16-32(45)57)50-41(65)37(25(5)9-2)53-40(64)30(49-35(60)17-18-70(68)69)19-26-11-13-27(56)14-12-26/h11-14,24-25,28-31,37,56H,8-10,15-23H2,1-7H3,(H2,45,57)(H2,46,58)(H2,47,59)(H,48,67)(H,49,60)(H,50,65)(H,51,63)(H,52,62)(H,53,64)(H,54,61)(H,68,69)/t25-,28-,29-,30+,31-,37-,44-/m0/s1. The molecule has 0 heterocycles. The van der Waals surface area contributed by atoms with Gasteiger partial charge in [-0.15, -0.1) is 0 Å². The van der Waals surface area contributed by atoms with Crippen LogP contribution in [0.4, 0.5) is 0 Å². The van der Waals surface area contributed by atoms with Crippen LogP contribution in [0.15, 0.2) is 24.3 Å². The smallest absolute Gasteiger partial charge is 0.245 e. The molecule has 11 amide bonds. The molecule has 0 aromatic heterocycles. The number of hydrogen-bond donors (Lipinski definition) is 12. The third-order valence-corrected chi connectivity index (χ3v) is 11.3. The quantitative estimate of drug-likeness (QED) is 0.0319. The van der Waals surface area contributed by atoms with Gasteiger partial charge in [-0.3, -0.25) is 52.7 Å². The van der Waals surface area contributed by atoms with Gasteiger partial charge in [-0.05, 0) is 55.7 Å². The number of hydrogen-bond acceptors (Lipinski definition) is 13. The van der Waals surface area contributed by atoms with E-state index in [2.05, 4.69) is 37.2 Å². The minimum Gasteiger partial charge on any atom is -0.508 e. The van der Waals surface area contributed by atoms with Crippen LogP contribution in [0.3, 0.4) is 0 Å². The number of primary amides is 3. The number of phenols is 1. The third kappa shape index (κ3) is 22.6. The van der Waals surface area contributed by atoms with Crippen LogP contribution < -0.4 is 54.4 Å². The zero-order chi connectivity index (χ0) is 53.5. The van der Waals surface area contributed by atoms with Crippen molar-refractivity contribution >= 4 is 76.1 Å². The van der Waals surface area contributed by atoms with E-state index < -0.39 is 162 Å². The van der Waals surface area contributed by atoms with Crippen molar-refractivity contribution in [2.75, 3.05) is 25.9 Å². The summed E-state index contributed by atoms with van der Waals surface area (Å²) in [5, 5.41) is 27.1. The lowest BCUT2D eigenvalue weighted by Crippen LogP contribution is -2.61. The summed E-state index contributed by atoms with van der Waals surface area (Å²) >= 11 is -2.31. The molecule has 70 heavy (non-hydrogen) atoms. The van der Waals surface area contributed by atoms with Crippen LogP contribution in [-0.2, 0) is 70.2 Å². The third-order valence-electron chi connectivity index (χ3n) is 10.8. The second-order valence-corrected chi connectivity index (χ2v) is 18.7. The van der Waals surface area contributed by atoms with Gasteiger partial charge in [0, 0.05) is 26.3 Å². The first-order valence-electron chi connectivity index (χ1n) is 22.7. The molecule has 0 fully saturated rings. The maximum absolute atomic E-state index is 14.0. The number of rotatable bonds is 32. The van der Waals surface area contributed by atoms with Gasteiger partial charge in [0.1, 0.15) is 41.5 Å².